The second-order valence-electron chi connectivity index (χ2n) is 4.19. The van der Waals surface area contributed by atoms with E-state index in [0.717, 1.165) is 12.3 Å². The number of pyridine rings is 1. The molecule has 0 bridgehead atoms. The molecule has 19 heavy (non-hydrogen) atoms. The summed E-state index contributed by atoms with van der Waals surface area (Å²) < 4.78 is 17.6. The van der Waals surface area contributed by atoms with Crippen molar-refractivity contribution in [2.45, 2.75) is 26.8 Å². The number of esters is 1. The zero-order valence-corrected chi connectivity index (χ0v) is 11.2. The van der Waals surface area contributed by atoms with Crippen molar-refractivity contribution in [3.63, 3.8) is 0 Å². The van der Waals surface area contributed by atoms with Gasteiger partial charge in [-0.15, -0.1) is 0 Å². The molecule has 0 aliphatic rings. The van der Waals surface area contributed by atoms with Gasteiger partial charge in [0.05, 0.1) is 12.8 Å². The summed E-state index contributed by atoms with van der Waals surface area (Å²) in [5.41, 5.74) is 0.0967. The zero-order chi connectivity index (χ0) is 14.4. The summed E-state index contributed by atoms with van der Waals surface area (Å²) in [5.74, 6) is -1.42. The third-order valence-electron chi connectivity index (χ3n) is 2.44. The van der Waals surface area contributed by atoms with E-state index in [0.29, 0.717) is 0 Å². The molecule has 0 radical (unpaired) electrons. The van der Waals surface area contributed by atoms with Gasteiger partial charge < -0.3 is 9.64 Å². The Labute approximate surface area is 111 Å². The Hall–Kier alpha value is -1.98. The van der Waals surface area contributed by atoms with Crippen LogP contribution in [0.4, 0.5) is 4.39 Å². The van der Waals surface area contributed by atoms with Crippen molar-refractivity contribution in [3.8, 4) is 0 Å². The molecule has 0 N–H and O–H groups in total. The summed E-state index contributed by atoms with van der Waals surface area (Å²) in [6.45, 7) is 5.36. The summed E-state index contributed by atoms with van der Waals surface area (Å²) in [4.78, 5) is 28.7. The summed E-state index contributed by atoms with van der Waals surface area (Å²) in [6.07, 6.45) is 0.968. The number of aromatic nitrogens is 1. The van der Waals surface area contributed by atoms with Crippen LogP contribution in [0.5, 0.6) is 0 Å². The van der Waals surface area contributed by atoms with Gasteiger partial charge in [0.1, 0.15) is 18.1 Å². The lowest BCUT2D eigenvalue weighted by atomic mass is 10.2. The van der Waals surface area contributed by atoms with E-state index in [2.05, 4.69) is 4.98 Å². The fourth-order valence-electron chi connectivity index (χ4n) is 1.48. The number of carbonyl (C=O) groups excluding carboxylic acids is 2. The molecule has 0 aliphatic heterocycles. The van der Waals surface area contributed by atoms with Crippen LogP contribution in [0.1, 0.15) is 31.3 Å². The van der Waals surface area contributed by atoms with Crippen molar-refractivity contribution >= 4 is 11.9 Å². The van der Waals surface area contributed by atoms with Gasteiger partial charge in [-0.3, -0.25) is 9.59 Å². The lowest BCUT2D eigenvalue weighted by Gasteiger charge is -2.25. The minimum absolute atomic E-state index is 0.0967. The van der Waals surface area contributed by atoms with Crippen LogP contribution < -0.4 is 0 Å². The van der Waals surface area contributed by atoms with Gasteiger partial charge in [-0.05, 0) is 32.9 Å². The molecule has 0 aliphatic carbocycles. The van der Waals surface area contributed by atoms with Crippen molar-refractivity contribution in [2.75, 3.05) is 13.2 Å². The van der Waals surface area contributed by atoms with Crippen LogP contribution in [0.15, 0.2) is 18.3 Å². The molecule has 0 fully saturated rings. The van der Waals surface area contributed by atoms with Gasteiger partial charge in [0.2, 0.25) is 0 Å². The zero-order valence-electron chi connectivity index (χ0n) is 11.2. The Kier molecular flexibility index (Phi) is 5.41. The van der Waals surface area contributed by atoms with Gasteiger partial charge in [0.25, 0.3) is 5.91 Å². The highest BCUT2D eigenvalue weighted by Crippen LogP contribution is 2.07. The number of ether oxygens (including phenoxy) is 1. The van der Waals surface area contributed by atoms with Crippen molar-refractivity contribution in [3.05, 3.63) is 29.8 Å². The Morgan fingerprint density at radius 1 is 1.42 bits per heavy atom. The largest absolute Gasteiger partial charge is 0.465 e. The van der Waals surface area contributed by atoms with E-state index >= 15 is 0 Å². The molecule has 1 amide bonds. The molecule has 0 unspecified atom stereocenters. The molecule has 0 atom stereocenters. The average molecular weight is 268 g/mol. The molecule has 104 valence electrons. The molecule has 5 nitrogen and oxygen atoms in total. The predicted molar refractivity (Wildman–Crippen MR) is 67.0 cm³/mol. The summed E-state index contributed by atoms with van der Waals surface area (Å²) in [6, 6.07) is 2.25. The number of nitrogens with zero attached hydrogens (tertiary/aromatic N) is 2. The summed E-state index contributed by atoms with van der Waals surface area (Å²) in [5, 5.41) is 0. The molecule has 1 rings (SSSR count). The van der Waals surface area contributed by atoms with Crippen LogP contribution in [0.3, 0.4) is 0 Å². The van der Waals surface area contributed by atoms with Gasteiger partial charge in [0.15, 0.2) is 0 Å². The smallest absolute Gasteiger partial charge is 0.325 e. The van der Waals surface area contributed by atoms with Gasteiger partial charge in [0, 0.05) is 6.04 Å². The minimum Gasteiger partial charge on any atom is -0.465 e. The first kappa shape index (κ1) is 15.1. The van der Waals surface area contributed by atoms with Gasteiger partial charge in [-0.25, -0.2) is 9.37 Å². The Morgan fingerprint density at radius 2 is 2.11 bits per heavy atom. The van der Waals surface area contributed by atoms with Crippen LogP contribution in [0, 0.1) is 5.82 Å². The van der Waals surface area contributed by atoms with Crippen molar-refractivity contribution < 1.29 is 18.7 Å². The lowest BCUT2D eigenvalue weighted by Crippen LogP contribution is -2.41. The maximum atomic E-state index is 12.8. The van der Waals surface area contributed by atoms with E-state index < -0.39 is 17.7 Å². The highest BCUT2D eigenvalue weighted by atomic mass is 19.1. The van der Waals surface area contributed by atoms with Gasteiger partial charge in [-0.2, -0.15) is 0 Å². The third-order valence-corrected chi connectivity index (χ3v) is 2.44. The Balaban J connectivity index is 2.84. The van der Waals surface area contributed by atoms with Crippen molar-refractivity contribution in [1.82, 2.24) is 9.88 Å². The molecular weight excluding hydrogens is 251 g/mol. The lowest BCUT2D eigenvalue weighted by molar-refractivity contribution is -0.144. The quantitative estimate of drug-likeness (QED) is 0.762. The second kappa shape index (κ2) is 6.82. The molecule has 6 heteroatoms. The first-order valence-electron chi connectivity index (χ1n) is 6.03. The highest BCUT2D eigenvalue weighted by molar-refractivity contribution is 5.94. The van der Waals surface area contributed by atoms with Crippen LogP contribution >= 0.6 is 0 Å². The fraction of sp³-hybridized carbons (Fsp3) is 0.462. The molecule has 1 aromatic rings. The standard InChI is InChI=1S/C13H17FN2O3/c1-4-19-12(17)8-16(9(2)3)13(18)11-6-5-10(14)7-15-11/h5-7,9H,4,8H2,1-3H3. The SMILES string of the molecule is CCOC(=O)CN(C(=O)c1ccc(F)cn1)C(C)C. The number of amides is 1. The maximum Gasteiger partial charge on any atom is 0.325 e. The second-order valence-corrected chi connectivity index (χ2v) is 4.19. The number of rotatable bonds is 5. The monoisotopic (exact) mass is 268 g/mol. The molecule has 0 aromatic carbocycles. The summed E-state index contributed by atoms with van der Waals surface area (Å²) >= 11 is 0. The van der Waals surface area contributed by atoms with Crippen LogP contribution in [0.25, 0.3) is 0 Å². The minimum atomic E-state index is -0.516. The highest BCUT2D eigenvalue weighted by Gasteiger charge is 2.23. The molecule has 0 spiro atoms. The molecular formula is C13H17FN2O3. The predicted octanol–water partition coefficient (Wildman–Crippen LogP) is 1.63. The van der Waals surface area contributed by atoms with E-state index in [1.807, 2.05) is 0 Å². The van der Waals surface area contributed by atoms with Crippen molar-refractivity contribution in [2.24, 2.45) is 0 Å². The number of halogens is 1. The fourth-order valence-corrected chi connectivity index (χ4v) is 1.48. The summed E-state index contributed by atoms with van der Waals surface area (Å²) in [7, 11) is 0. The van der Waals surface area contributed by atoms with Crippen LogP contribution in [0.2, 0.25) is 0 Å². The number of carbonyl (C=O) groups is 2. The first-order chi connectivity index (χ1) is 8.95. The van der Waals surface area contributed by atoms with Crippen LogP contribution in [-0.2, 0) is 9.53 Å². The van der Waals surface area contributed by atoms with E-state index in [-0.39, 0.29) is 24.9 Å². The molecule has 0 saturated carbocycles. The normalized spacial score (nSPS) is 10.4. The van der Waals surface area contributed by atoms with Gasteiger partial charge in [-0.1, -0.05) is 0 Å². The maximum absolute atomic E-state index is 12.8. The average Bonchev–Trinajstić information content (AvgIpc) is 2.36. The molecule has 1 aromatic heterocycles. The van der Waals surface area contributed by atoms with Crippen LogP contribution in [-0.4, -0.2) is 41.0 Å². The number of hydrogen-bond acceptors (Lipinski definition) is 4. The van der Waals surface area contributed by atoms with E-state index in [1.165, 1.54) is 11.0 Å². The van der Waals surface area contributed by atoms with E-state index in [4.69, 9.17) is 4.74 Å². The first-order valence-corrected chi connectivity index (χ1v) is 6.03. The van der Waals surface area contributed by atoms with E-state index in [9.17, 15) is 14.0 Å². The third kappa shape index (κ3) is 4.31. The topological polar surface area (TPSA) is 59.5 Å². The Morgan fingerprint density at radius 3 is 2.58 bits per heavy atom. The van der Waals surface area contributed by atoms with Crippen molar-refractivity contribution in [1.29, 1.82) is 0 Å². The molecule has 1 heterocycles. The van der Waals surface area contributed by atoms with E-state index in [1.54, 1.807) is 20.8 Å². The van der Waals surface area contributed by atoms with Gasteiger partial charge >= 0.3 is 5.97 Å². The number of hydrogen-bond donors (Lipinski definition) is 0. The molecule has 0 saturated heterocycles. The Bertz CT molecular complexity index is 446.